The molecule has 1 unspecified atom stereocenters. The van der Waals surface area contributed by atoms with Crippen molar-refractivity contribution in [3.63, 3.8) is 0 Å². The molecule has 0 spiro atoms. The van der Waals surface area contributed by atoms with Crippen LogP contribution >= 0.6 is 22.9 Å². The number of aliphatic carboxylic acids is 1. The minimum Gasteiger partial charge on any atom is -0.481 e. The van der Waals surface area contributed by atoms with Gasteiger partial charge in [0.05, 0.1) is 11.6 Å². The zero-order chi connectivity index (χ0) is 11.0. The first-order chi connectivity index (χ1) is 7.09. The smallest absolute Gasteiger partial charge is 0.306 e. The van der Waals surface area contributed by atoms with E-state index in [1.165, 1.54) is 11.3 Å². The molecule has 0 saturated carbocycles. The van der Waals surface area contributed by atoms with Crippen LogP contribution in [0, 0.1) is 5.92 Å². The average molecular weight is 245 g/mol. The van der Waals surface area contributed by atoms with E-state index in [9.17, 15) is 4.79 Å². The second-order valence-electron chi connectivity index (χ2n) is 3.35. The molecule has 0 fully saturated rings. The molecule has 6 heteroatoms. The maximum Gasteiger partial charge on any atom is 0.306 e. The SMILES string of the molecule is CC(Cc1c(Cl)nc2sccn12)C(=O)O. The van der Waals surface area contributed by atoms with Gasteiger partial charge in [-0.25, -0.2) is 4.98 Å². The Morgan fingerprint density at radius 1 is 1.80 bits per heavy atom. The molecular formula is C9H9ClN2O2S. The molecule has 15 heavy (non-hydrogen) atoms. The first kappa shape index (κ1) is 10.4. The predicted octanol–water partition coefficient (Wildman–Crippen LogP) is 2.31. The second-order valence-corrected chi connectivity index (χ2v) is 4.58. The molecule has 4 nitrogen and oxygen atoms in total. The molecule has 0 aliphatic carbocycles. The van der Waals surface area contributed by atoms with Crippen LogP contribution in [-0.2, 0) is 11.2 Å². The Labute approximate surface area is 95.1 Å². The number of hydrogen-bond donors (Lipinski definition) is 1. The third-order valence-corrected chi connectivity index (χ3v) is 3.29. The number of fused-ring (bicyclic) bond motifs is 1. The van der Waals surface area contributed by atoms with E-state index in [4.69, 9.17) is 16.7 Å². The lowest BCUT2D eigenvalue weighted by molar-refractivity contribution is -0.141. The lowest BCUT2D eigenvalue weighted by atomic mass is 10.1. The summed E-state index contributed by atoms with van der Waals surface area (Å²) in [6.45, 7) is 1.66. The molecule has 2 rings (SSSR count). The fourth-order valence-electron chi connectivity index (χ4n) is 1.37. The highest BCUT2D eigenvalue weighted by molar-refractivity contribution is 7.15. The molecule has 0 radical (unpaired) electrons. The van der Waals surface area contributed by atoms with Crippen molar-refractivity contribution in [2.45, 2.75) is 13.3 Å². The van der Waals surface area contributed by atoms with Gasteiger partial charge in [-0.3, -0.25) is 9.20 Å². The number of rotatable bonds is 3. The fraction of sp³-hybridized carbons (Fsp3) is 0.333. The summed E-state index contributed by atoms with van der Waals surface area (Å²) in [6, 6.07) is 0. The highest BCUT2D eigenvalue weighted by Crippen LogP contribution is 2.23. The van der Waals surface area contributed by atoms with Gasteiger partial charge >= 0.3 is 5.97 Å². The summed E-state index contributed by atoms with van der Waals surface area (Å²) >= 11 is 7.42. The van der Waals surface area contributed by atoms with Gasteiger partial charge < -0.3 is 5.11 Å². The van der Waals surface area contributed by atoms with Crippen molar-refractivity contribution >= 4 is 33.9 Å². The molecule has 1 N–H and O–H groups in total. The standard InChI is InChI=1S/C9H9ClN2O2S/c1-5(8(13)14)4-6-7(10)11-9-12(6)2-3-15-9/h2-3,5H,4H2,1H3,(H,13,14). The predicted molar refractivity (Wildman–Crippen MR) is 58.6 cm³/mol. The summed E-state index contributed by atoms with van der Waals surface area (Å²) in [5, 5.41) is 11.1. The maximum absolute atomic E-state index is 10.7. The van der Waals surface area contributed by atoms with Crippen LogP contribution in [0.5, 0.6) is 0 Å². The van der Waals surface area contributed by atoms with E-state index in [1.807, 2.05) is 16.0 Å². The fourth-order valence-corrected chi connectivity index (χ4v) is 2.40. The van der Waals surface area contributed by atoms with Crippen molar-refractivity contribution in [2.24, 2.45) is 5.92 Å². The Morgan fingerprint density at radius 3 is 3.20 bits per heavy atom. The van der Waals surface area contributed by atoms with Gasteiger partial charge in [-0.15, -0.1) is 11.3 Å². The van der Waals surface area contributed by atoms with E-state index >= 15 is 0 Å². The third kappa shape index (κ3) is 1.85. The van der Waals surface area contributed by atoms with Crippen LogP contribution in [0.15, 0.2) is 11.6 Å². The van der Waals surface area contributed by atoms with E-state index in [0.717, 1.165) is 10.7 Å². The molecule has 80 valence electrons. The molecule has 0 amide bonds. The van der Waals surface area contributed by atoms with Gasteiger partial charge in [0.1, 0.15) is 0 Å². The molecular weight excluding hydrogens is 236 g/mol. The minimum absolute atomic E-state index is 0.395. The summed E-state index contributed by atoms with van der Waals surface area (Å²) in [7, 11) is 0. The zero-order valence-corrected chi connectivity index (χ0v) is 9.55. The highest BCUT2D eigenvalue weighted by Gasteiger charge is 2.18. The van der Waals surface area contributed by atoms with Crippen LogP contribution in [0.1, 0.15) is 12.6 Å². The molecule has 0 aromatic carbocycles. The molecule has 0 bridgehead atoms. The molecule has 2 aromatic heterocycles. The maximum atomic E-state index is 10.7. The lowest BCUT2D eigenvalue weighted by Crippen LogP contribution is -2.13. The number of nitrogens with zero attached hydrogens (tertiary/aromatic N) is 2. The lowest BCUT2D eigenvalue weighted by Gasteiger charge is -2.04. The molecule has 1 atom stereocenters. The summed E-state index contributed by atoms with van der Waals surface area (Å²) < 4.78 is 1.84. The van der Waals surface area contributed by atoms with Crippen LogP contribution < -0.4 is 0 Å². The summed E-state index contributed by atoms with van der Waals surface area (Å²) in [4.78, 5) is 15.7. The van der Waals surface area contributed by atoms with E-state index in [1.54, 1.807) is 6.92 Å². The van der Waals surface area contributed by atoms with Gasteiger partial charge in [0, 0.05) is 18.0 Å². The Balaban J connectivity index is 2.37. The molecule has 2 aromatic rings. The third-order valence-electron chi connectivity index (χ3n) is 2.23. The quantitative estimate of drug-likeness (QED) is 0.902. The second kappa shape index (κ2) is 3.83. The molecule has 0 aliphatic rings. The van der Waals surface area contributed by atoms with E-state index < -0.39 is 11.9 Å². The number of carbonyl (C=O) groups is 1. The van der Waals surface area contributed by atoms with Crippen LogP contribution in [-0.4, -0.2) is 20.5 Å². The Bertz CT molecular complexity index is 505. The largest absolute Gasteiger partial charge is 0.481 e. The van der Waals surface area contributed by atoms with Crippen molar-refractivity contribution in [3.05, 3.63) is 22.4 Å². The van der Waals surface area contributed by atoms with Crippen LogP contribution in [0.3, 0.4) is 0 Å². The zero-order valence-electron chi connectivity index (χ0n) is 7.98. The number of imidazole rings is 1. The number of carboxylic acids is 1. The Morgan fingerprint density at radius 2 is 2.53 bits per heavy atom. The molecule has 0 saturated heterocycles. The van der Waals surface area contributed by atoms with Crippen molar-refractivity contribution in [1.29, 1.82) is 0 Å². The Hall–Kier alpha value is -1.07. The van der Waals surface area contributed by atoms with E-state index in [-0.39, 0.29) is 0 Å². The topological polar surface area (TPSA) is 54.6 Å². The summed E-state index contributed by atoms with van der Waals surface area (Å²) in [5.74, 6) is -1.28. The van der Waals surface area contributed by atoms with Crippen molar-refractivity contribution in [3.8, 4) is 0 Å². The van der Waals surface area contributed by atoms with Crippen molar-refractivity contribution in [1.82, 2.24) is 9.38 Å². The number of halogens is 1. The van der Waals surface area contributed by atoms with Gasteiger partial charge in [-0.05, 0) is 0 Å². The van der Waals surface area contributed by atoms with Gasteiger partial charge in [0.15, 0.2) is 10.1 Å². The van der Waals surface area contributed by atoms with Gasteiger partial charge in [0.2, 0.25) is 0 Å². The van der Waals surface area contributed by atoms with Gasteiger partial charge in [-0.2, -0.15) is 0 Å². The van der Waals surface area contributed by atoms with Gasteiger partial charge in [-0.1, -0.05) is 18.5 Å². The van der Waals surface area contributed by atoms with Crippen molar-refractivity contribution < 1.29 is 9.90 Å². The van der Waals surface area contributed by atoms with E-state index in [2.05, 4.69) is 4.98 Å². The normalized spacial score (nSPS) is 13.2. The van der Waals surface area contributed by atoms with E-state index in [0.29, 0.717) is 11.6 Å². The molecule has 0 aliphatic heterocycles. The number of thiazole rings is 1. The number of hydrogen-bond acceptors (Lipinski definition) is 3. The van der Waals surface area contributed by atoms with Crippen LogP contribution in [0.25, 0.3) is 4.96 Å². The summed E-state index contributed by atoms with van der Waals surface area (Å²) in [5.41, 5.74) is 0.766. The minimum atomic E-state index is -0.823. The number of carboxylic acid groups (broad SMARTS) is 1. The van der Waals surface area contributed by atoms with Crippen molar-refractivity contribution in [2.75, 3.05) is 0 Å². The Kier molecular flexibility index (Phi) is 2.67. The number of aromatic nitrogens is 2. The first-order valence-corrected chi connectivity index (χ1v) is 5.68. The first-order valence-electron chi connectivity index (χ1n) is 4.42. The monoisotopic (exact) mass is 244 g/mol. The van der Waals surface area contributed by atoms with Gasteiger partial charge in [0.25, 0.3) is 0 Å². The highest BCUT2D eigenvalue weighted by atomic mass is 35.5. The molecule has 2 heterocycles. The average Bonchev–Trinajstić information content (AvgIpc) is 2.69. The van der Waals surface area contributed by atoms with Crippen LogP contribution in [0.2, 0.25) is 5.15 Å². The van der Waals surface area contributed by atoms with Crippen LogP contribution in [0.4, 0.5) is 0 Å². The summed E-state index contributed by atoms with van der Waals surface area (Å²) in [6.07, 6.45) is 2.24.